The highest BCUT2D eigenvalue weighted by Crippen LogP contribution is 2.25. The number of nitrogens with one attached hydrogen (secondary N) is 2. The van der Waals surface area contributed by atoms with Crippen molar-refractivity contribution in [2.45, 2.75) is 32.2 Å². The zero-order valence-corrected chi connectivity index (χ0v) is 9.62. The number of H-pyrrole nitrogens is 2. The molecule has 1 aliphatic rings. The number of nitrogens with zero attached hydrogens (tertiary/aromatic N) is 1. The van der Waals surface area contributed by atoms with E-state index in [2.05, 4.69) is 28.7 Å². The molecule has 2 rings (SSSR count). The average molecular weight is 223 g/mol. The molecule has 2 N–H and O–H groups in total. The van der Waals surface area contributed by atoms with Crippen LogP contribution >= 0.6 is 0 Å². The molecule has 0 aromatic carbocycles. The first kappa shape index (κ1) is 11.1. The lowest BCUT2D eigenvalue weighted by molar-refractivity contribution is 0.272. The van der Waals surface area contributed by atoms with Gasteiger partial charge in [-0.15, -0.1) is 0 Å². The van der Waals surface area contributed by atoms with Crippen molar-refractivity contribution in [2.24, 2.45) is 0 Å². The van der Waals surface area contributed by atoms with E-state index < -0.39 is 5.69 Å². The molecule has 88 valence electrons. The van der Waals surface area contributed by atoms with Gasteiger partial charge in [0.1, 0.15) is 0 Å². The van der Waals surface area contributed by atoms with E-state index in [1.807, 2.05) is 0 Å². The fourth-order valence-electron chi connectivity index (χ4n) is 2.23. The van der Waals surface area contributed by atoms with Crippen LogP contribution in [-0.4, -0.2) is 34.0 Å². The zero-order valence-electron chi connectivity index (χ0n) is 9.62. The maximum Gasteiger partial charge on any atom is 0.325 e. The molecule has 16 heavy (non-hydrogen) atoms. The van der Waals surface area contributed by atoms with E-state index in [4.69, 9.17) is 0 Å². The van der Waals surface area contributed by atoms with Gasteiger partial charge in [-0.05, 0) is 26.8 Å². The molecule has 0 saturated carbocycles. The number of aromatic amines is 2. The summed E-state index contributed by atoms with van der Waals surface area (Å²) in [6, 6.07) is 0.506. The van der Waals surface area contributed by atoms with E-state index in [-0.39, 0.29) is 11.5 Å². The van der Waals surface area contributed by atoms with Crippen LogP contribution in [0.3, 0.4) is 0 Å². The maximum atomic E-state index is 11.6. The molecule has 5 nitrogen and oxygen atoms in total. The van der Waals surface area contributed by atoms with Crippen LogP contribution in [0.2, 0.25) is 0 Å². The zero-order chi connectivity index (χ0) is 11.7. The Hall–Kier alpha value is -1.36. The normalized spacial score (nSPS) is 21.8. The van der Waals surface area contributed by atoms with Gasteiger partial charge in [0.25, 0.3) is 5.56 Å². The summed E-state index contributed by atoms with van der Waals surface area (Å²) in [7, 11) is 0. The lowest BCUT2D eigenvalue weighted by Crippen LogP contribution is -2.30. The highest BCUT2D eigenvalue weighted by atomic mass is 16.2. The van der Waals surface area contributed by atoms with E-state index in [9.17, 15) is 9.59 Å². The number of hydrogen-bond donors (Lipinski definition) is 2. The largest absolute Gasteiger partial charge is 0.325 e. The molecule has 2 heterocycles. The lowest BCUT2D eigenvalue weighted by atomic mass is 10.0. The Morgan fingerprint density at radius 2 is 2.19 bits per heavy atom. The molecular weight excluding hydrogens is 206 g/mol. The average Bonchev–Trinajstić information content (AvgIpc) is 2.66. The molecule has 0 aliphatic carbocycles. The summed E-state index contributed by atoms with van der Waals surface area (Å²) in [5, 5.41) is 0. The third-order valence-electron chi connectivity index (χ3n) is 3.24. The van der Waals surface area contributed by atoms with Gasteiger partial charge in [0.05, 0.1) is 0 Å². The molecule has 5 heteroatoms. The molecule has 1 atom stereocenters. The van der Waals surface area contributed by atoms with Gasteiger partial charge in [0, 0.05) is 30.3 Å². The number of aromatic nitrogens is 2. The SMILES string of the molecule is CC(C)N1CCC(c2c[nH]c(=O)[nH]c2=O)C1. The van der Waals surface area contributed by atoms with Gasteiger partial charge in [-0.2, -0.15) is 0 Å². The van der Waals surface area contributed by atoms with Crippen molar-refractivity contribution in [3.63, 3.8) is 0 Å². The second kappa shape index (κ2) is 4.25. The van der Waals surface area contributed by atoms with Gasteiger partial charge in [0.15, 0.2) is 0 Å². The minimum Gasteiger partial charge on any atom is -0.314 e. The third-order valence-corrected chi connectivity index (χ3v) is 3.24. The van der Waals surface area contributed by atoms with Gasteiger partial charge >= 0.3 is 5.69 Å². The predicted molar refractivity (Wildman–Crippen MR) is 61.8 cm³/mol. The molecule has 1 aromatic heterocycles. The Bertz CT molecular complexity index is 475. The fraction of sp³-hybridized carbons (Fsp3) is 0.636. The quantitative estimate of drug-likeness (QED) is 0.755. The Morgan fingerprint density at radius 3 is 2.75 bits per heavy atom. The fourth-order valence-corrected chi connectivity index (χ4v) is 2.23. The van der Waals surface area contributed by atoms with Gasteiger partial charge < -0.3 is 9.88 Å². The van der Waals surface area contributed by atoms with Crippen LogP contribution in [-0.2, 0) is 0 Å². The predicted octanol–water partition coefficient (Wildman–Crippen LogP) is 0.261. The van der Waals surface area contributed by atoms with Crippen molar-refractivity contribution < 1.29 is 0 Å². The van der Waals surface area contributed by atoms with E-state index in [0.29, 0.717) is 11.6 Å². The minimum atomic E-state index is -0.438. The number of rotatable bonds is 2. The summed E-state index contributed by atoms with van der Waals surface area (Å²) in [5.74, 6) is 0.239. The first-order valence-electron chi connectivity index (χ1n) is 5.64. The highest BCUT2D eigenvalue weighted by molar-refractivity contribution is 5.13. The van der Waals surface area contributed by atoms with E-state index in [1.165, 1.54) is 0 Å². The molecular formula is C11H17N3O2. The smallest absolute Gasteiger partial charge is 0.314 e. The lowest BCUT2D eigenvalue weighted by Gasteiger charge is -2.19. The molecule has 0 radical (unpaired) electrons. The number of likely N-dealkylation sites (tertiary alicyclic amines) is 1. The second-order valence-electron chi connectivity index (χ2n) is 4.60. The minimum absolute atomic E-state index is 0.239. The third kappa shape index (κ3) is 2.09. The van der Waals surface area contributed by atoms with Gasteiger partial charge in [0.2, 0.25) is 0 Å². The summed E-state index contributed by atoms with van der Waals surface area (Å²) in [6.07, 6.45) is 2.53. The topological polar surface area (TPSA) is 69.0 Å². The Labute approximate surface area is 93.5 Å². The molecule has 0 amide bonds. The Morgan fingerprint density at radius 1 is 1.44 bits per heavy atom. The van der Waals surface area contributed by atoms with Crippen molar-refractivity contribution in [3.8, 4) is 0 Å². The van der Waals surface area contributed by atoms with E-state index in [1.54, 1.807) is 6.20 Å². The summed E-state index contributed by atoms with van der Waals surface area (Å²) < 4.78 is 0. The Kier molecular flexibility index (Phi) is 2.96. The van der Waals surface area contributed by atoms with Crippen LogP contribution in [0.4, 0.5) is 0 Å². The van der Waals surface area contributed by atoms with Crippen molar-refractivity contribution in [1.82, 2.24) is 14.9 Å². The van der Waals surface area contributed by atoms with Crippen LogP contribution in [0.15, 0.2) is 15.8 Å². The first-order chi connectivity index (χ1) is 7.58. The van der Waals surface area contributed by atoms with Crippen molar-refractivity contribution >= 4 is 0 Å². The number of hydrogen-bond acceptors (Lipinski definition) is 3. The van der Waals surface area contributed by atoms with E-state index >= 15 is 0 Å². The summed E-state index contributed by atoms with van der Waals surface area (Å²) >= 11 is 0. The first-order valence-corrected chi connectivity index (χ1v) is 5.64. The maximum absolute atomic E-state index is 11.6. The molecule has 1 fully saturated rings. The van der Waals surface area contributed by atoms with Gasteiger partial charge in [-0.3, -0.25) is 9.78 Å². The summed E-state index contributed by atoms with van der Waals surface area (Å²) in [6.45, 7) is 6.21. The standard InChI is InChI=1S/C11H17N3O2/c1-7(2)14-4-3-8(6-14)9-5-12-11(16)13-10(9)15/h5,7-8H,3-4,6H2,1-2H3,(H2,12,13,15,16). The van der Waals surface area contributed by atoms with Gasteiger partial charge in [-0.25, -0.2) is 4.79 Å². The molecule has 1 unspecified atom stereocenters. The Balaban J connectivity index is 2.21. The molecule has 1 aliphatic heterocycles. The van der Waals surface area contributed by atoms with Crippen molar-refractivity contribution in [2.75, 3.05) is 13.1 Å². The molecule has 0 bridgehead atoms. The van der Waals surface area contributed by atoms with Crippen LogP contribution in [0.5, 0.6) is 0 Å². The van der Waals surface area contributed by atoms with Crippen LogP contribution < -0.4 is 11.2 Å². The molecule has 0 spiro atoms. The van der Waals surface area contributed by atoms with Crippen LogP contribution in [0.25, 0.3) is 0 Å². The van der Waals surface area contributed by atoms with Gasteiger partial charge in [-0.1, -0.05) is 0 Å². The molecule has 1 saturated heterocycles. The monoisotopic (exact) mass is 223 g/mol. The second-order valence-corrected chi connectivity index (χ2v) is 4.60. The van der Waals surface area contributed by atoms with Crippen molar-refractivity contribution in [1.29, 1.82) is 0 Å². The highest BCUT2D eigenvalue weighted by Gasteiger charge is 2.27. The summed E-state index contributed by atoms with van der Waals surface area (Å²) in [5.41, 5.74) is 0.00886. The van der Waals surface area contributed by atoms with Crippen LogP contribution in [0.1, 0.15) is 31.7 Å². The van der Waals surface area contributed by atoms with E-state index in [0.717, 1.165) is 19.5 Å². The van der Waals surface area contributed by atoms with Crippen LogP contribution in [0, 0.1) is 0 Å². The summed E-state index contributed by atoms with van der Waals surface area (Å²) in [4.78, 5) is 29.7. The molecule has 1 aromatic rings. The van der Waals surface area contributed by atoms with Crippen molar-refractivity contribution in [3.05, 3.63) is 32.6 Å².